The minimum atomic E-state index is -1.24. The van der Waals surface area contributed by atoms with E-state index in [4.69, 9.17) is 10.8 Å². The summed E-state index contributed by atoms with van der Waals surface area (Å²) in [5, 5.41) is 31.3. The molecule has 3 rings (SSSR count). The van der Waals surface area contributed by atoms with Crippen LogP contribution in [0, 0.1) is 11.8 Å². The first kappa shape index (κ1) is 43.6. The van der Waals surface area contributed by atoms with Crippen LogP contribution in [-0.4, -0.2) is 107 Å². The van der Waals surface area contributed by atoms with Gasteiger partial charge in [-0.2, -0.15) is 0 Å². The first-order chi connectivity index (χ1) is 26.2. The van der Waals surface area contributed by atoms with Crippen LogP contribution in [0.5, 0.6) is 0 Å². The van der Waals surface area contributed by atoms with Gasteiger partial charge in [-0.1, -0.05) is 62.7 Å². The molecule has 17 nitrogen and oxygen atoms in total. The number of carboxylic acids is 1. The summed E-state index contributed by atoms with van der Waals surface area (Å²) >= 11 is 0. The highest BCUT2D eigenvalue weighted by Crippen LogP contribution is 2.18. The predicted octanol–water partition coefficient (Wildman–Crippen LogP) is -0.392. The maximum absolute atomic E-state index is 13.5. The molecule has 1 aliphatic rings. The molecule has 0 radical (unpaired) electrons. The second-order valence-corrected chi connectivity index (χ2v) is 13.6. The highest BCUT2D eigenvalue weighted by atomic mass is 16.4. The Bertz CT molecular complexity index is 1670. The summed E-state index contributed by atoms with van der Waals surface area (Å²) in [4.78, 5) is 101. The average molecular weight is 766 g/mol. The molecule has 1 aliphatic heterocycles. The van der Waals surface area contributed by atoms with Crippen molar-refractivity contribution in [1.82, 2.24) is 26.2 Å². The SMILES string of the molecule is CC[C@H](C)[C@H](NC(=O)CNC(=O)Cc1ccc(NC(=O)C(Cc2ccccc2)NC(=O)C2CCCN(C(=O)CO)C2)cc1)C(=O)N[C@@H](CCC(=O)O)C(N)=O. The van der Waals surface area contributed by atoms with Gasteiger partial charge in [0, 0.05) is 31.6 Å². The fraction of sp³-hybridized carbons (Fsp3) is 0.474. The Balaban J connectivity index is 1.56. The van der Waals surface area contributed by atoms with Gasteiger partial charge in [0.25, 0.3) is 0 Å². The minimum Gasteiger partial charge on any atom is -0.481 e. The number of carboxylic acid groups (broad SMARTS) is 1. The van der Waals surface area contributed by atoms with E-state index in [2.05, 4.69) is 26.6 Å². The van der Waals surface area contributed by atoms with Crippen molar-refractivity contribution >= 4 is 53.0 Å². The number of rotatable bonds is 20. The number of piperidine rings is 1. The maximum Gasteiger partial charge on any atom is 0.303 e. The van der Waals surface area contributed by atoms with E-state index in [1.165, 1.54) is 4.90 Å². The molecule has 17 heteroatoms. The van der Waals surface area contributed by atoms with Crippen LogP contribution in [0.3, 0.4) is 0 Å². The second kappa shape index (κ2) is 21.8. The van der Waals surface area contributed by atoms with E-state index in [1.54, 1.807) is 38.1 Å². The Morgan fingerprint density at radius 1 is 0.873 bits per heavy atom. The second-order valence-electron chi connectivity index (χ2n) is 13.6. The van der Waals surface area contributed by atoms with Gasteiger partial charge in [-0.15, -0.1) is 0 Å². The molecule has 0 spiro atoms. The summed E-state index contributed by atoms with van der Waals surface area (Å²) < 4.78 is 0. The Morgan fingerprint density at radius 3 is 2.18 bits per heavy atom. The molecule has 55 heavy (non-hydrogen) atoms. The summed E-state index contributed by atoms with van der Waals surface area (Å²) in [5.41, 5.74) is 7.12. The number of aliphatic hydroxyl groups is 1. The number of nitrogens with two attached hydrogens (primary N) is 1. The lowest BCUT2D eigenvalue weighted by molar-refractivity contribution is -0.139. The third-order valence-electron chi connectivity index (χ3n) is 9.35. The standard InChI is InChI=1S/C38H51N7O10/c1-3-23(2)34(38(55)42-28(35(39)52)15-16-33(50)51)44-31(48)20-40-30(47)19-25-11-13-27(14-12-25)41-37(54)29(18-24-8-5-4-6-9-24)43-36(53)26-10-7-17-45(21-26)32(49)22-46/h4-6,8-9,11-14,23,26,28-29,34,46H,3,7,10,15-22H2,1-2H3,(H2,39,52)(H,40,47)(H,41,54)(H,42,55)(H,43,53)(H,44,48)(H,50,51)/t23-,26?,28-,29?,34-/m0/s1. The molecule has 2 aromatic carbocycles. The van der Waals surface area contributed by atoms with Crippen LogP contribution in [0.4, 0.5) is 5.69 Å². The van der Waals surface area contributed by atoms with Crippen LogP contribution in [0.2, 0.25) is 0 Å². The van der Waals surface area contributed by atoms with E-state index in [-0.39, 0.29) is 37.6 Å². The summed E-state index contributed by atoms with van der Waals surface area (Å²) in [6, 6.07) is 12.3. The van der Waals surface area contributed by atoms with Gasteiger partial charge in [0.15, 0.2) is 0 Å². The van der Waals surface area contributed by atoms with Gasteiger partial charge >= 0.3 is 5.97 Å². The van der Waals surface area contributed by atoms with Crippen molar-refractivity contribution in [2.75, 3.05) is 31.6 Å². The topological polar surface area (TPSA) is 266 Å². The van der Waals surface area contributed by atoms with Gasteiger partial charge < -0.3 is 47.4 Å². The fourth-order valence-electron chi connectivity index (χ4n) is 5.97. The zero-order chi connectivity index (χ0) is 40.5. The van der Waals surface area contributed by atoms with Crippen LogP contribution in [0.25, 0.3) is 0 Å². The highest BCUT2D eigenvalue weighted by molar-refractivity contribution is 5.98. The molecule has 5 atom stereocenters. The van der Waals surface area contributed by atoms with Crippen LogP contribution in [0.15, 0.2) is 54.6 Å². The number of anilines is 1. The third-order valence-corrected chi connectivity index (χ3v) is 9.35. The molecule has 1 heterocycles. The van der Waals surface area contributed by atoms with E-state index < -0.39 is 85.0 Å². The van der Waals surface area contributed by atoms with Crippen molar-refractivity contribution in [3.05, 3.63) is 65.7 Å². The number of nitrogens with one attached hydrogen (secondary N) is 5. The van der Waals surface area contributed by atoms with Gasteiger partial charge in [-0.25, -0.2) is 0 Å². The lowest BCUT2D eigenvalue weighted by Crippen LogP contribution is -2.56. The van der Waals surface area contributed by atoms with Crippen molar-refractivity contribution in [1.29, 1.82) is 0 Å². The van der Waals surface area contributed by atoms with Crippen LogP contribution in [-0.2, 0) is 51.2 Å². The van der Waals surface area contributed by atoms with E-state index >= 15 is 0 Å². The first-order valence-electron chi connectivity index (χ1n) is 18.2. The van der Waals surface area contributed by atoms with Gasteiger partial charge in [0.2, 0.25) is 41.4 Å². The molecule has 0 bridgehead atoms. The Morgan fingerprint density at radius 2 is 1.56 bits per heavy atom. The maximum atomic E-state index is 13.5. The van der Waals surface area contributed by atoms with Crippen molar-refractivity contribution in [2.24, 2.45) is 17.6 Å². The lowest BCUT2D eigenvalue weighted by atomic mass is 9.96. The summed E-state index contributed by atoms with van der Waals surface area (Å²) in [6.45, 7) is 3.01. The molecule has 298 valence electrons. The molecule has 9 N–H and O–H groups in total. The number of aliphatic carboxylic acids is 1. The Hall–Kier alpha value is -5.84. The number of hydrogen-bond acceptors (Lipinski definition) is 9. The molecule has 0 aliphatic carbocycles. The van der Waals surface area contributed by atoms with Gasteiger partial charge in [-0.3, -0.25) is 38.4 Å². The van der Waals surface area contributed by atoms with E-state index in [0.717, 1.165) is 5.56 Å². The highest BCUT2D eigenvalue weighted by Gasteiger charge is 2.32. The number of hydrogen-bond donors (Lipinski definition) is 8. The normalized spacial score (nSPS) is 16.0. The summed E-state index contributed by atoms with van der Waals surface area (Å²) in [5.74, 6) is -6.15. The molecule has 1 saturated heterocycles. The zero-order valence-electron chi connectivity index (χ0n) is 31.0. The number of primary amides is 1. The number of amides is 7. The number of aliphatic hydroxyl groups excluding tert-OH is 1. The number of nitrogens with zero attached hydrogens (tertiary/aromatic N) is 1. The lowest BCUT2D eigenvalue weighted by Gasteiger charge is -2.32. The van der Waals surface area contributed by atoms with Crippen molar-refractivity contribution in [3.8, 4) is 0 Å². The van der Waals surface area contributed by atoms with E-state index in [1.807, 2.05) is 30.3 Å². The Kier molecular flexibility index (Phi) is 17.2. The number of carbonyl (C=O) groups is 8. The molecular formula is C38H51N7O10. The van der Waals surface area contributed by atoms with Gasteiger partial charge in [-0.05, 0) is 48.4 Å². The number of likely N-dealkylation sites (tertiary alicyclic amines) is 1. The first-order valence-corrected chi connectivity index (χ1v) is 18.2. The summed E-state index contributed by atoms with van der Waals surface area (Å²) in [6.07, 6.45) is 1.09. The molecular weight excluding hydrogens is 714 g/mol. The average Bonchev–Trinajstić information content (AvgIpc) is 3.17. The number of benzene rings is 2. The van der Waals surface area contributed by atoms with Crippen molar-refractivity contribution in [2.45, 2.75) is 76.9 Å². The Labute approximate surface area is 319 Å². The van der Waals surface area contributed by atoms with Gasteiger partial charge in [0.05, 0.1) is 18.9 Å². The number of carbonyl (C=O) groups excluding carboxylic acids is 7. The quantitative estimate of drug-likeness (QED) is 0.0865. The molecule has 2 unspecified atom stereocenters. The zero-order valence-corrected chi connectivity index (χ0v) is 31.0. The van der Waals surface area contributed by atoms with Gasteiger partial charge in [0.1, 0.15) is 24.7 Å². The predicted molar refractivity (Wildman–Crippen MR) is 200 cm³/mol. The van der Waals surface area contributed by atoms with E-state index in [0.29, 0.717) is 37.1 Å². The smallest absolute Gasteiger partial charge is 0.303 e. The van der Waals surface area contributed by atoms with Crippen LogP contribution < -0.4 is 32.3 Å². The van der Waals surface area contributed by atoms with Crippen LogP contribution >= 0.6 is 0 Å². The molecule has 7 amide bonds. The molecule has 0 saturated carbocycles. The van der Waals surface area contributed by atoms with E-state index in [9.17, 15) is 43.5 Å². The third kappa shape index (κ3) is 14.5. The molecule has 1 fully saturated rings. The minimum absolute atomic E-state index is 0.107. The molecule has 0 aromatic heterocycles. The van der Waals surface area contributed by atoms with Crippen molar-refractivity contribution < 1.29 is 48.6 Å². The van der Waals surface area contributed by atoms with Crippen LogP contribution in [0.1, 0.15) is 57.1 Å². The summed E-state index contributed by atoms with van der Waals surface area (Å²) in [7, 11) is 0. The van der Waals surface area contributed by atoms with Crippen molar-refractivity contribution in [3.63, 3.8) is 0 Å². The fourth-order valence-corrected chi connectivity index (χ4v) is 5.97. The molecule has 2 aromatic rings. The largest absolute Gasteiger partial charge is 0.481 e. The monoisotopic (exact) mass is 765 g/mol.